The minimum Gasteiger partial charge on any atom is -0.393 e. The molecule has 1 N–H and O–H groups in total. The molecular weight excluding hydrogens is 208 g/mol. The Hall–Kier alpha value is -0.0400. The second-order valence-electron chi connectivity index (χ2n) is 7.92. The zero-order valence-corrected chi connectivity index (χ0v) is 12.5. The van der Waals surface area contributed by atoms with Gasteiger partial charge in [-0.3, -0.25) is 0 Å². The second kappa shape index (κ2) is 3.73. The average molecular weight is 238 g/mol. The van der Waals surface area contributed by atoms with Gasteiger partial charge in [0, 0.05) is 0 Å². The van der Waals surface area contributed by atoms with Crippen molar-refractivity contribution in [3.8, 4) is 0 Å². The molecule has 2 saturated carbocycles. The van der Waals surface area contributed by atoms with Crippen LogP contribution in [-0.2, 0) is 0 Å². The van der Waals surface area contributed by atoms with Gasteiger partial charge in [0.2, 0.25) is 0 Å². The zero-order valence-electron chi connectivity index (χ0n) is 12.5. The zero-order chi connectivity index (χ0) is 13.1. The summed E-state index contributed by atoms with van der Waals surface area (Å²) in [5, 5.41) is 10.3. The Morgan fingerprint density at radius 3 is 2.18 bits per heavy atom. The SMILES string of the molecule is C[C@H]1[C@@H](O)C[C@]2(C)CCCC(C)(C)[C@]2(C)[C@H]1C. The van der Waals surface area contributed by atoms with E-state index in [0.29, 0.717) is 28.1 Å². The summed E-state index contributed by atoms with van der Waals surface area (Å²) < 4.78 is 0. The molecule has 2 aliphatic carbocycles. The maximum Gasteiger partial charge on any atom is 0.0573 e. The third-order valence-corrected chi connectivity index (χ3v) is 7.16. The topological polar surface area (TPSA) is 20.2 Å². The van der Waals surface area contributed by atoms with Gasteiger partial charge in [0.1, 0.15) is 0 Å². The van der Waals surface area contributed by atoms with Crippen LogP contribution in [0.25, 0.3) is 0 Å². The molecule has 0 spiro atoms. The summed E-state index contributed by atoms with van der Waals surface area (Å²) in [5.74, 6) is 1.04. The Labute approximate surface area is 107 Å². The first-order chi connectivity index (χ1) is 7.66. The number of aliphatic hydroxyl groups excluding tert-OH is 1. The number of fused-ring (bicyclic) bond motifs is 1. The molecule has 0 saturated heterocycles. The highest BCUT2D eigenvalue weighted by Gasteiger charge is 2.62. The van der Waals surface area contributed by atoms with Gasteiger partial charge in [-0.05, 0) is 47.3 Å². The molecule has 1 heteroatoms. The number of hydrogen-bond donors (Lipinski definition) is 1. The predicted octanol–water partition coefficient (Wildman–Crippen LogP) is 4.25. The molecule has 100 valence electrons. The maximum absolute atomic E-state index is 10.3. The fourth-order valence-corrected chi connectivity index (χ4v) is 5.24. The Morgan fingerprint density at radius 2 is 1.59 bits per heavy atom. The molecule has 0 bridgehead atoms. The molecule has 2 rings (SSSR count). The lowest BCUT2D eigenvalue weighted by atomic mass is 9.38. The average Bonchev–Trinajstić information content (AvgIpc) is 2.21. The van der Waals surface area contributed by atoms with E-state index in [-0.39, 0.29) is 6.10 Å². The summed E-state index contributed by atoms with van der Waals surface area (Å²) in [5.41, 5.74) is 1.07. The second-order valence-corrected chi connectivity index (χ2v) is 7.92. The van der Waals surface area contributed by atoms with Crippen LogP contribution >= 0.6 is 0 Å². The molecule has 0 heterocycles. The highest BCUT2D eigenvalue weighted by molar-refractivity contribution is 5.11. The maximum atomic E-state index is 10.3. The van der Waals surface area contributed by atoms with Gasteiger partial charge >= 0.3 is 0 Å². The molecule has 0 unspecified atom stereocenters. The van der Waals surface area contributed by atoms with Gasteiger partial charge in [0.05, 0.1) is 6.10 Å². The summed E-state index contributed by atoms with van der Waals surface area (Å²) in [6.07, 6.45) is 4.86. The Bertz CT molecular complexity index is 309. The molecule has 0 amide bonds. The van der Waals surface area contributed by atoms with Gasteiger partial charge < -0.3 is 5.11 Å². The molecule has 0 radical (unpaired) electrons. The van der Waals surface area contributed by atoms with E-state index in [1.165, 1.54) is 19.3 Å². The molecule has 1 nitrogen and oxygen atoms in total. The van der Waals surface area contributed by atoms with Crippen LogP contribution in [0.1, 0.15) is 67.2 Å². The van der Waals surface area contributed by atoms with Crippen molar-refractivity contribution >= 4 is 0 Å². The smallest absolute Gasteiger partial charge is 0.0573 e. The molecule has 2 aliphatic rings. The minimum absolute atomic E-state index is 0.100. The Morgan fingerprint density at radius 1 is 1.00 bits per heavy atom. The van der Waals surface area contributed by atoms with Crippen LogP contribution in [0.2, 0.25) is 0 Å². The summed E-state index contributed by atoms with van der Waals surface area (Å²) in [4.78, 5) is 0. The number of rotatable bonds is 0. The van der Waals surface area contributed by atoms with Crippen LogP contribution in [0.5, 0.6) is 0 Å². The van der Waals surface area contributed by atoms with Gasteiger partial charge in [0.25, 0.3) is 0 Å². The van der Waals surface area contributed by atoms with Crippen molar-refractivity contribution in [1.82, 2.24) is 0 Å². The lowest BCUT2D eigenvalue weighted by molar-refractivity contribution is -0.200. The molecule has 5 atom stereocenters. The molecule has 0 aromatic carbocycles. The van der Waals surface area contributed by atoms with Crippen molar-refractivity contribution in [2.24, 2.45) is 28.1 Å². The fraction of sp³-hybridized carbons (Fsp3) is 1.00. The fourth-order valence-electron chi connectivity index (χ4n) is 5.24. The highest BCUT2D eigenvalue weighted by atomic mass is 16.3. The Balaban J connectivity index is 2.48. The first-order valence-corrected chi connectivity index (χ1v) is 7.34. The van der Waals surface area contributed by atoms with Crippen LogP contribution in [-0.4, -0.2) is 11.2 Å². The van der Waals surface area contributed by atoms with Crippen LogP contribution < -0.4 is 0 Å². The number of aliphatic hydroxyl groups is 1. The summed E-state index contributed by atoms with van der Waals surface area (Å²) >= 11 is 0. The van der Waals surface area contributed by atoms with Gasteiger partial charge in [-0.2, -0.15) is 0 Å². The molecule has 17 heavy (non-hydrogen) atoms. The van der Waals surface area contributed by atoms with E-state index in [4.69, 9.17) is 0 Å². The normalized spacial score (nSPS) is 54.2. The van der Waals surface area contributed by atoms with Crippen LogP contribution in [0, 0.1) is 28.1 Å². The van der Waals surface area contributed by atoms with Gasteiger partial charge in [-0.1, -0.05) is 48.0 Å². The summed E-state index contributed by atoms with van der Waals surface area (Å²) in [6, 6.07) is 0. The molecule has 0 aliphatic heterocycles. The summed E-state index contributed by atoms with van der Waals surface area (Å²) in [6.45, 7) is 14.4. The van der Waals surface area contributed by atoms with Crippen molar-refractivity contribution in [2.45, 2.75) is 73.3 Å². The van der Waals surface area contributed by atoms with Gasteiger partial charge in [0.15, 0.2) is 0 Å². The van der Waals surface area contributed by atoms with Crippen molar-refractivity contribution in [3.05, 3.63) is 0 Å². The van der Waals surface area contributed by atoms with Crippen LogP contribution in [0.4, 0.5) is 0 Å². The van der Waals surface area contributed by atoms with Crippen LogP contribution in [0.15, 0.2) is 0 Å². The van der Waals surface area contributed by atoms with Crippen molar-refractivity contribution in [3.63, 3.8) is 0 Å². The highest BCUT2D eigenvalue weighted by Crippen LogP contribution is 2.68. The van der Waals surface area contributed by atoms with E-state index in [1.807, 2.05) is 0 Å². The molecule has 2 fully saturated rings. The number of hydrogen-bond acceptors (Lipinski definition) is 1. The predicted molar refractivity (Wildman–Crippen MR) is 72.8 cm³/mol. The Kier molecular flexibility index (Phi) is 2.94. The van der Waals surface area contributed by atoms with Gasteiger partial charge in [-0.25, -0.2) is 0 Å². The van der Waals surface area contributed by atoms with Crippen molar-refractivity contribution in [2.75, 3.05) is 0 Å². The largest absolute Gasteiger partial charge is 0.393 e. The summed E-state index contributed by atoms with van der Waals surface area (Å²) in [7, 11) is 0. The standard InChI is InChI=1S/C16H30O/c1-11-12(2)16(6)14(3,4)8-7-9-15(16,5)10-13(11)17/h11-13,17H,7-10H2,1-6H3/t11-,12+,13+,15+,16+/m1/s1. The quantitative estimate of drug-likeness (QED) is 0.669. The minimum atomic E-state index is -0.100. The van der Waals surface area contributed by atoms with Crippen molar-refractivity contribution in [1.29, 1.82) is 0 Å². The van der Waals surface area contributed by atoms with E-state index in [9.17, 15) is 5.11 Å². The molecule has 0 aromatic rings. The van der Waals surface area contributed by atoms with E-state index in [1.54, 1.807) is 0 Å². The molecule has 0 aromatic heterocycles. The third kappa shape index (κ3) is 1.54. The van der Waals surface area contributed by atoms with Crippen molar-refractivity contribution < 1.29 is 5.11 Å². The van der Waals surface area contributed by atoms with E-state index in [0.717, 1.165) is 6.42 Å². The lowest BCUT2D eigenvalue weighted by Gasteiger charge is -2.67. The molecular formula is C16H30O. The first kappa shape index (κ1) is 13.4. The monoisotopic (exact) mass is 238 g/mol. The van der Waals surface area contributed by atoms with Gasteiger partial charge in [-0.15, -0.1) is 0 Å². The lowest BCUT2D eigenvalue weighted by Crippen LogP contribution is -2.61. The van der Waals surface area contributed by atoms with Crippen LogP contribution in [0.3, 0.4) is 0 Å². The van der Waals surface area contributed by atoms with E-state index >= 15 is 0 Å². The van der Waals surface area contributed by atoms with E-state index < -0.39 is 0 Å². The first-order valence-electron chi connectivity index (χ1n) is 7.34. The van der Waals surface area contributed by atoms with E-state index in [2.05, 4.69) is 41.5 Å². The third-order valence-electron chi connectivity index (χ3n) is 7.16.